The van der Waals surface area contributed by atoms with E-state index in [1.807, 2.05) is 6.26 Å². The monoisotopic (exact) mass is 447 g/mol. The number of hydrogen-bond acceptors (Lipinski definition) is 7. The lowest BCUT2D eigenvalue weighted by Gasteiger charge is -2.27. The first kappa shape index (κ1) is 28.1. The number of unbranched alkanes of at least 4 members (excludes halogenated alkanes) is 1. The maximum absolute atomic E-state index is 12.8. The van der Waals surface area contributed by atoms with Gasteiger partial charge in [-0.2, -0.15) is 11.8 Å². The topological polar surface area (TPSA) is 177 Å². The Morgan fingerprint density at radius 3 is 1.97 bits per heavy atom. The number of thioether (sulfide) groups is 1. The lowest BCUT2D eigenvalue weighted by Crippen LogP contribution is -2.58. The molecule has 0 aliphatic heterocycles. The minimum absolute atomic E-state index is 0.248. The summed E-state index contributed by atoms with van der Waals surface area (Å²) in [4.78, 5) is 48.9. The fourth-order valence-electron chi connectivity index (χ4n) is 2.61. The maximum atomic E-state index is 12.8. The average Bonchev–Trinajstić information content (AvgIpc) is 2.67. The molecule has 0 saturated heterocycles. The number of hydrogen-bond donors (Lipinski definition) is 6. The molecule has 30 heavy (non-hydrogen) atoms. The first-order valence-corrected chi connectivity index (χ1v) is 11.5. The van der Waals surface area contributed by atoms with Crippen LogP contribution in [-0.2, 0) is 19.2 Å². The summed E-state index contributed by atoms with van der Waals surface area (Å²) in [6.45, 7) is 5.44. The summed E-state index contributed by atoms with van der Waals surface area (Å²) in [5.74, 6) is -2.37. The normalized spacial score (nSPS) is 15.0. The molecule has 0 aromatic rings. The largest absolute Gasteiger partial charge is 0.480 e. The zero-order valence-electron chi connectivity index (χ0n) is 18.3. The summed E-state index contributed by atoms with van der Waals surface area (Å²) in [5, 5.41) is 17.1. The number of nitrogens with two attached hydrogens (primary N) is 2. The number of carboxylic acid groups (broad SMARTS) is 1. The van der Waals surface area contributed by atoms with E-state index in [-0.39, 0.29) is 12.3 Å². The van der Waals surface area contributed by atoms with E-state index >= 15 is 0 Å². The fraction of sp³-hybridized carbons (Fsp3) is 0.789. The molecule has 3 amide bonds. The van der Waals surface area contributed by atoms with Crippen LogP contribution in [0.4, 0.5) is 0 Å². The van der Waals surface area contributed by atoms with Crippen molar-refractivity contribution in [3.05, 3.63) is 0 Å². The number of rotatable bonds is 15. The average molecular weight is 448 g/mol. The third kappa shape index (κ3) is 10.8. The standard InChI is InChI=1S/C19H37N5O5S/c1-11(2)15(18(27)23-14(19(28)29)7-5-6-9-20)24-17(26)13(8-10-30-4)22-16(25)12(3)21/h11-15H,5-10,20-21H2,1-4H3,(H,22,25)(H,23,27)(H,24,26)(H,28,29). The van der Waals surface area contributed by atoms with Gasteiger partial charge in [-0.1, -0.05) is 13.8 Å². The van der Waals surface area contributed by atoms with E-state index in [1.54, 1.807) is 13.8 Å². The fourth-order valence-corrected chi connectivity index (χ4v) is 3.08. The van der Waals surface area contributed by atoms with Gasteiger partial charge in [0.05, 0.1) is 6.04 Å². The van der Waals surface area contributed by atoms with Crippen LogP contribution in [0.15, 0.2) is 0 Å². The highest BCUT2D eigenvalue weighted by molar-refractivity contribution is 7.98. The first-order chi connectivity index (χ1) is 14.0. The summed E-state index contributed by atoms with van der Waals surface area (Å²) < 4.78 is 0. The first-order valence-electron chi connectivity index (χ1n) is 10.1. The Balaban J connectivity index is 5.22. The molecule has 10 nitrogen and oxygen atoms in total. The minimum atomic E-state index is -1.14. The van der Waals surface area contributed by atoms with Crippen LogP contribution in [0.2, 0.25) is 0 Å². The lowest BCUT2D eigenvalue weighted by atomic mass is 10.0. The van der Waals surface area contributed by atoms with Crippen molar-refractivity contribution < 1.29 is 24.3 Å². The number of aliphatic carboxylic acids is 1. The second kappa shape index (κ2) is 15.0. The van der Waals surface area contributed by atoms with Gasteiger partial charge >= 0.3 is 5.97 Å². The van der Waals surface area contributed by atoms with Crippen molar-refractivity contribution in [3.63, 3.8) is 0 Å². The van der Waals surface area contributed by atoms with Crippen molar-refractivity contribution in [1.29, 1.82) is 0 Å². The smallest absolute Gasteiger partial charge is 0.326 e. The number of carboxylic acids is 1. The Bertz CT molecular complexity index is 574. The molecule has 0 rings (SSSR count). The lowest BCUT2D eigenvalue weighted by molar-refractivity contribution is -0.142. The Hall–Kier alpha value is -1.85. The molecule has 0 heterocycles. The molecule has 0 aliphatic rings. The summed E-state index contributed by atoms with van der Waals surface area (Å²) in [6, 6.07) is -3.63. The van der Waals surface area contributed by atoms with Crippen molar-refractivity contribution in [2.75, 3.05) is 18.6 Å². The Morgan fingerprint density at radius 2 is 1.50 bits per heavy atom. The van der Waals surface area contributed by atoms with Crippen LogP contribution >= 0.6 is 11.8 Å². The summed E-state index contributed by atoms with van der Waals surface area (Å²) in [6.07, 6.45) is 3.71. The van der Waals surface area contributed by atoms with E-state index in [1.165, 1.54) is 18.7 Å². The number of nitrogens with one attached hydrogen (secondary N) is 3. The molecule has 0 aliphatic carbocycles. The van der Waals surface area contributed by atoms with Crippen LogP contribution in [-0.4, -0.2) is 71.5 Å². The van der Waals surface area contributed by atoms with Gasteiger partial charge in [-0.25, -0.2) is 4.79 Å². The van der Waals surface area contributed by atoms with E-state index in [0.717, 1.165) is 0 Å². The van der Waals surface area contributed by atoms with Gasteiger partial charge in [0.15, 0.2) is 0 Å². The van der Waals surface area contributed by atoms with E-state index < -0.39 is 47.9 Å². The van der Waals surface area contributed by atoms with E-state index in [4.69, 9.17) is 11.5 Å². The SMILES string of the molecule is CSCCC(NC(=O)C(C)N)C(=O)NC(C(=O)NC(CCCCN)C(=O)O)C(C)C. The van der Waals surface area contributed by atoms with Gasteiger partial charge in [0, 0.05) is 0 Å². The van der Waals surface area contributed by atoms with Gasteiger partial charge < -0.3 is 32.5 Å². The molecule has 0 fully saturated rings. The second-order valence-electron chi connectivity index (χ2n) is 7.55. The van der Waals surface area contributed by atoms with Crippen molar-refractivity contribution in [3.8, 4) is 0 Å². The van der Waals surface area contributed by atoms with Gasteiger partial charge in [0.2, 0.25) is 17.7 Å². The van der Waals surface area contributed by atoms with Gasteiger partial charge in [0.1, 0.15) is 18.1 Å². The van der Waals surface area contributed by atoms with Crippen LogP contribution in [0.25, 0.3) is 0 Å². The van der Waals surface area contributed by atoms with E-state index in [0.29, 0.717) is 31.6 Å². The quantitative estimate of drug-likeness (QED) is 0.180. The molecule has 0 radical (unpaired) electrons. The molecule has 174 valence electrons. The highest BCUT2D eigenvalue weighted by Crippen LogP contribution is 2.08. The van der Waals surface area contributed by atoms with Crippen molar-refractivity contribution in [1.82, 2.24) is 16.0 Å². The Kier molecular flexibility index (Phi) is 14.1. The number of carbonyl (C=O) groups excluding carboxylic acids is 3. The van der Waals surface area contributed by atoms with Crippen molar-refractivity contribution in [2.45, 2.75) is 70.6 Å². The summed E-state index contributed by atoms with van der Waals surface area (Å²) in [7, 11) is 0. The third-order valence-corrected chi connectivity index (χ3v) is 5.11. The number of carbonyl (C=O) groups is 4. The third-order valence-electron chi connectivity index (χ3n) is 4.47. The maximum Gasteiger partial charge on any atom is 0.326 e. The predicted molar refractivity (Wildman–Crippen MR) is 118 cm³/mol. The summed E-state index contributed by atoms with van der Waals surface area (Å²) in [5.41, 5.74) is 11.0. The summed E-state index contributed by atoms with van der Waals surface area (Å²) >= 11 is 1.52. The van der Waals surface area contributed by atoms with Crippen LogP contribution in [0, 0.1) is 5.92 Å². The molecule has 0 bridgehead atoms. The van der Waals surface area contributed by atoms with Gasteiger partial charge in [-0.3, -0.25) is 14.4 Å². The molecule has 4 unspecified atom stereocenters. The molecule has 0 aromatic heterocycles. The number of amides is 3. The molecule has 8 N–H and O–H groups in total. The minimum Gasteiger partial charge on any atom is -0.480 e. The van der Waals surface area contributed by atoms with Gasteiger partial charge in [0.25, 0.3) is 0 Å². The molecular formula is C19H37N5O5S. The molecule has 0 aromatic carbocycles. The molecule has 0 saturated carbocycles. The van der Waals surface area contributed by atoms with Crippen molar-refractivity contribution in [2.24, 2.45) is 17.4 Å². The van der Waals surface area contributed by atoms with Crippen LogP contribution < -0.4 is 27.4 Å². The van der Waals surface area contributed by atoms with E-state index in [2.05, 4.69) is 16.0 Å². The Morgan fingerprint density at radius 1 is 0.900 bits per heavy atom. The van der Waals surface area contributed by atoms with Crippen LogP contribution in [0.5, 0.6) is 0 Å². The van der Waals surface area contributed by atoms with Crippen LogP contribution in [0.3, 0.4) is 0 Å². The zero-order valence-corrected chi connectivity index (χ0v) is 19.1. The highest BCUT2D eigenvalue weighted by atomic mass is 32.2. The van der Waals surface area contributed by atoms with Gasteiger partial charge in [-0.05, 0) is 57.1 Å². The highest BCUT2D eigenvalue weighted by Gasteiger charge is 2.31. The second-order valence-corrected chi connectivity index (χ2v) is 8.53. The zero-order chi connectivity index (χ0) is 23.3. The van der Waals surface area contributed by atoms with Crippen LogP contribution in [0.1, 0.15) is 46.5 Å². The molecule has 4 atom stereocenters. The molecule has 11 heteroatoms. The van der Waals surface area contributed by atoms with Gasteiger partial charge in [-0.15, -0.1) is 0 Å². The Labute approximate surface area is 182 Å². The predicted octanol–water partition coefficient (Wildman–Crippen LogP) is -0.589. The molecule has 0 spiro atoms. The molecular weight excluding hydrogens is 410 g/mol. The van der Waals surface area contributed by atoms with Crippen molar-refractivity contribution >= 4 is 35.5 Å². The van der Waals surface area contributed by atoms with E-state index in [9.17, 15) is 24.3 Å².